The summed E-state index contributed by atoms with van der Waals surface area (Å²) in [6.45, 7) is 0.247. The molecule has 2 aromatic rings. The normalized spacial score (nSPS) is 19.4. The smallest absolute Gasteiger partial charge is 0.262 e. The Hall–Kier alpha value is -2.91. The Kier molecular flexibility index (Phi) is 4.78. The van der Waals surface area contributed by atoms with Gasteiger partial charge in [0.15, 0.2) is 6.61 Å². The topological polar surface area (TPSA) is 105 Å². The molecule has 0 spiro atoms. The lowest BCUT2D eigenvalue weighted by Gasteiger charge is -2.24. The van der Waals surface area contributed by atoms with E-state index < -0.39 is 22.0 Å². The standard InChI is InChI=1S/C19H19N3O5S/c23-18-12-27-17-9-8-13(11-15(17)21-18)20-19(24)16-7-4-10-22(16)28(25,26)14-5-2-1-3-6-14/h1-3,5-6,8-9,11,16H,4,7,10,12H2,(H,20,24)(H,21,23)/t16-/m1/s1. The van der Waals surface area contributed by atoms with Crippen molar-refractivity contribution in [2.24, 2.45) is 0 Å². The molecule has 0 aliphatic carbocycles. The average molecular weight is 401 g/mol. The average Bonchev–Trinajstić information content (AvgIpc) is 3.19. The van der Waals surface area contributed by atoms with Gasteiger partial charge in [-0.2, -0.15) is 4.31 Å². The Labute approximate surface area is 162 Å². The van der Waals surface area contributed by atoms with Crippen LogP contribution in [-0.2, 0) is 19.6 Å². The number of anilines is 2. The third-order valence-corrected chi connectivity index (χ3v) is 6.66. The summed E-state index contributed by atoms with van der Waals surface area (Å²) in [4.78, 5) is 24.4. The minimum atomic E-state index is -3.75. The van der Waals surface area contributed by atoms with Crippen molar-refractivity contribution >= 4 is 33.2 Å². The number of rotatable bonds is 4. The van der Waals surface area contributed by atoms with E-state index in [1.54, 1.807) is 36.4 Å². The zero-order valence-electron chi connectivity index (χ0n) is 14.9. The minimum absolute atomic E-state index is 0.0485. The van der Waals surface area contributed by atoms with Crippen LogP contribution in [0.2, 0.25) is 0 Å². The molecule has 1 atom stereocenters. The van der Waals surface area contributed by atoms with E-state index in [9.17, 15) is 18.0 Å². The van der Waals surface area contributed by atoms with Crippen LogP contribution in [0, 0.1) is 0 Å². The number of benzene rings is 2. The SMILES string of the molecule is O=C1COc2ccc(NC(=O)[C@H]3CCCN3S(=O)(=O)c3ccccc3)cc2N1. The van der Waals surface area contributed by atoms with Gasteiger partial charge >= 0.3 is 0 Å². The Balaban J connectivity index is 1.53. The largest absolute Gasteiger partial charge is 0.482 e. The van der Waals surface area contributed by atoms with Crippen LogP contribution in [0.5, 0.6) is 5.75 Å². The van der Waals surface area contributed by atoms with Crippen LogP contribution in [-0.4, -0.2) is 43.7 Å². The summed E-state index contributed by atoms with van der Waals surface area (Å²) in [5.41, 5.74) is 0.924. The Bertz CT molecular complexity index is 1020. The van der Waals surface area contributed by atoms with Crippen LogP contribution in [0.15, 0.2) is 53.4 Å². The van der Waals surface area contributed by atoms with Crippen LogP contribution in [0.3, 0.4) is 0 Å². The number of nitrogens with zero attached hydrogens (tertiary/aromatic N) is 1. The monoisotopic (exact) mass is 401 g/mol. The molecule has 0 unspecified atom stereocenters. The number of sulfonamides is 1. The van der Waals surface area contributed by atoms with Crippen LogP contribution in [0.25, 0.3) is 0 Å². The molecule has 4 rings (SSSR count). The first-order valence-corrected chi connectivity index (χ1v) is 10.3. The van der Waals surface area contributed by atoms with Crippen molar-refractivity contribution in [3.8, 4) is 5.75 Å². The molecule has 2 N–H and O–H groups in total. The first-order chi connectivity index (χ1) is 13.4. The second-order valence-electron chi connectivity index (χ2n) is 6.62. The highest BCUT2D eigenvalue weighted by Crippen LogP contribution is 2.31. The highest BCUT2D eigenvalue weighted by atomic mass is 32.2. The summed E-state index contributed by atoms with van der Waals surface area (Å²) in [5, 5.41) is 5.43. The number of hydrogen-bond acceptors (Lipinski definition) is 5. The van der Waals surface area contributed by atoms with Gasteiger partial charge in [0.25, 0.3) is 5.91 Å². The second-order valence-corrected chi connectivity index (χ2v) is 8.51. The first-order valence-electron chi connectivity index (χ1n) is 8.89. The third kappa shape index (κ3) is 3.46. The third-order valence-electron chi connectivity index (χ3n) is 4.74. The van der Waals surface area contributed by atoms with E-state index in [4.69, 9.17) is 4.74 Å². The number of hydrogen-bond donors (Lipinski definition) is 2. The van der Waals surface area contributed by atoms with Crippen LogP contribution < -0.4 is 15.4 Å². The number of carbonyl (C=O) groups is 2. The Morgan fingerprint density at radius 3 is 2.75 bits per heavy atom. The lowest BCUT2D eigenvalue weighted by Crippen LogP contribution is -2.43. The molecule has 0 radical (unpaired) electrons. The van der Waals surface area contributed by atoms with Crippen molar-refractivity contribution in [1.82, 2.24) is 4.31 Å². The van der Waals surface area contributed by atoms with Gasteiger partial charge in [0.2, 0.25) is 15.9 Å². The van der Waals surface area contributed by atoms with Gasteiger partial charge in [-0.3, -0.25) is 9.59 Å². The zero-order chi connectivity index (χ0) is 19.7. The molecule has 2 heterocycles. The van der Waals surface area contributed by atoms with Crippen molar-refractivity contribution in [3.63, 3.8) is 0 Å². The molecular weight excluding hydrogens is 382 g/mol. The van der Waals surface area contributed by atoms with Gasteiger partial charge in [-0.25, -0.2) is 8.42 Å². The van der Waals surface area contributed by atoms with E-state index in [0.717, 1.165) is 0 Å². The number of nitrogens with one attached hydrogen (secondary N) is 2. The molecule has 0 aromatic heterocycles. The van der Waals surface area contributed by atoms with Crippen molar-refractivity contribution in [3.05, 3.63) is 48.5 Å². The lowest BCUT2D eigenvalue weighted by molar-refractivity contribution is -0.119. The fraction of sp³-hybridized carbons (Fsp3) is 0.263. The van der Waals surface area contributed by atoms with E-state index in [1.165, 1.54) is 16.4 Å². The summed E-state index contributed by atoms with van der Waals surface area (Å²) in [6.07, 6.45) is 1.06. The molecule has 9 heteroatoms. The summed E-state index contributed by atoms with van der Waals surface area (Å²) >= 11 is 0. The number of carbonyl (C=O) groups excluding carboxylic acids is 2. The molecule has 1 fully saturated rings. The summed E-state index contributed by atoms with van der Waals surface area (Å²) in [6, 6.07) is 12.2. The maximum Gasteiger partial charge on any atom is 0.262 e. The molecule has 0 saturated carbocycles. The quantitative estimate of drug-likeness (QED) is 0.813. The molecule has 2 amide bonds. The first kappa shape index (κ1) is 18.5. The van der Waals surface area contributed by atoms with E-state index in [1.807, 2.05) is 0 Å². The van der Waals surface area contributed by atoms with Crippen LogP contribution >= 0.6 is 0 Å². The molecule has 1 saturated heterocycles. The van der Waals surface area contributed by atoms with E-state index >= 15 is 0 Å². The zero-order valence-corrected chi connectivity index (χ0v) is 15.7. The molecule has 2 aliphatic heterocycles. The Morgan fingerprint density at radius 2 is 1.96 bits per heavy atom. The van der Waals surface area contributed by atoms with E-state index in [2.05, 4.69) is 10.6 Å². The maximum absolute atomic E-state index is 12.9. The van der Waals surface area contributed by atoms with Crippen molar-refractivity contribution in [2.75, 3.05) is 23.8 Å². The second kappa shape index (κ2) is 7.25. The van der Waals surface area contributed by atoms with Crippen LogP contribution in [0.4, 0.5) is 11.4 Å². The van der Waals surface area contributed by atoms with Gasteiger partial charge in [0.1, 0.15) is 11.8 Å². The van der Waals surface area contributed by atoms with E-state index in [-0.39, 0.29) is 17.4 Å². The van der Waals surface area contributed by atoms with Gasteiger partial charge in [0.05, 0.1) is 10.6 Å². The molecule has 2 aromatic carbocycles. The highest BCUT2D eigenvalue weighted by Gasteiger charge is 2.39. The number of amides is 2. The predicted octanol–water partition coefficient (Wildman–Crippen LogP) is 1.81. The molecular formula is C19H19N3O5S. The highest BCUT2D eigenvalue weighted by molar-refractivity contribution is 7.89. The summed E-state index contributed by atoms with van der Waals surface area (Å²) in [7, 11) is -3.75. The fourth-order valence-corrected chi connectivity index (χ4v) is 5.08. The maximum atomic E-state index is 12.9. The van der Waals surface area contributed by atoms with Crippen molar-refractivity contribution in [2.45, 2.75) is 23.8 Å². The molecule has 8 nitrogen and oxygen atoms in total. The molecule has 0 bridgehead atoms. The number of ether oxygens (including phenoxy) is 1. The van der Waals surface area contributed by atoms with Crippen molar-refractivity contribution < 1.29 is 22.7 Å². The van der Waals surface area contributed by atoms with Gasteiger partial charge < -0.3 is 15.4 Å². The summed E-state index contributed by atoms with van der Waals surface area (Å²) in [5.74, 6) is -0.154. The van der Waals surface area contributed by atoms with Gasteiger partial charge in [-0.05, 0) is 43.2 Å². The predicted molar refractivity (Wildman–Crippen MR) is 103 cm³/mol. The molecule has 28 heavy (non-hydrogen) atoms. The minimum Gasteiger partial charge on any atom is -0.482 e. The van der Waals surface area contributed by atoms with Gasteiger partial charge in [-0.15, -0.1) is 0 Å². The van der Waals surface area contributed by atoms with E-state index in [0.29, 0.717) is 36.5 Å². The van der Waals surface area contributed by atoms with Gasteiger partial charge in [0, 0.05) is 12.2 Å². The lowest BCUT2D eigenvalue weighted by atomic mass is 10.2. The fourth-order valence-electron chi connectivity index (χ4n) is 3.40. The summed E-state index contributed by atoms with van der Waals surface area (Å²) < 4.78 is 32.4. The number of fused-ring (bicyclic) bond motifs is 1. The van der Waals surface area contributed by atoms with Gasteiger partial charge in [-0.1, -0.05) is 18.2 Å². The molecule has 146 valence electrons. The Morgan fingerprint density at radius 1 is 1.18 bits per heavy atom. The van der Waals surface area contributed by atoms with Crippen molar-refractivity contribution in [1.29, 1.82) is 0 Å². The molecule has 2 aliphatic rings. The van der Waals surface area contributed by atoms with Crippen LogP contribution in [0.1, 0.15) is 12.8 Å².